The number of thioether (sulfide) groups is 1. The van der Waals surface area contributed by atoms with Crippen molar-refractivity contribution in [3.05, 3.63) is 53.5 Å². The minimum Gasteiger partial charge on any atom is -0.457 e. The molecular formula is C21H23N3O3S. The molecule has 0 spiro atoms. The van der Waals surface area contributed by atoms with Gasteiger partial charge in [-0.1, -0.05) is 30.8 Å². The molecule has 0 unspecified atom stereocenters. The highest BCUT2D eigenvalue weighted by molar-refractivity contribution is 7.99. The van der Waals surface area contributed by atoms with Crippen LogP contribution in [0.25, 0.3) is 11.0 Å². The third kappa shape index (κ3) is 4.59. The largest absolute Gasteiger partial charge is 0.457 e. The average Bonchev–Trinajstić information content (AvgIpc) is 2.99. The number of para-hydroxylation sites is 2. The number of ketones is 1. The molecule has 2 heterocycles. The van der Waals surface area contributed by atoms with Crippen molar-refractivity contribution in [2.45, 2.75) is 38.8 Å². The van der Waals surface area contributed by atoms with Crippen LogP contribution in [0.1, 0.15) is 35.1 Å². The van der Waals surface area contributed by atoms with Gasteiger partial charge in [0.1, 0.15) is 5.03 Å². The molecule has 0 amide bonds. The predicted molar refractivity (Wildman–Crippen MR) is 110 cm³/mol. The van der Waals surface area contributed by atoms with Crippen molar-refractivity contribution in [1.29, 1.82) is 0 Å². The Morgan fingerprint density at radius 3 is 2.68 bits per heavy atom. The summed E-state index contributed by atoms with van der Waals surface area (Å²) in [5.74, 6) is -0.551. The maximum atomic E-state index is 12.4. The fourth-order valence-electron chi connectivity index (χ4n) is 3.06. The molecule has 0 saturated carbocycles. The summed E-state index contributed by atoms with van der Waals surface area (Å²) in [4.78, 5) is 33.2. The highest BCUT2D eigenvalue weighted by atomic mass is 32.2. The van der Waals surface area contributed by atoms with Gasteiger partial charge in [0, 0.05) is 23.5 Å². The zero-order chi connectivity index (χ0) is 20.1. The first-order valence-corrected chi connectivity index (χ1v) is 10.2. The Labute approximate surface area is 168 Å². The highest BCUT2D eigenvalue weighted by Gasteiger charge is 2.17. The molecule has 0 aliphatic rings. The summed E-state index contributed by atoms with van der Waals surface area (Å²) in [7, 11) is 0. The van der Waals surface area contributed by atoms with Crippen molar-refractivity contribution >= 4 is 34.5 Å². The van der Waals surface area contributed by atoms with E-state index >= 15 is 0 Å². The van der Waals surface area contributed by atoms with Crippen molar-refractivity contribution in [3.8, 4) is 0 Å². The summed E-state index contributed by atoms with van der Waals surface area (Å²) in [6, 6.07) is 9.41. The Kier molecular flexibility index (Phi) is 6.46. The average molecular weight is 398 g/mol. The number of carbonyl (C=O) groups is 2. The minimum absolute atomic E-state index is 0.0785. The minimum atomic E-state index is -0.448. The van der Waals surface area contributed by atoms with Crippen LogP contribution in [0.15, 0.2) is 41.6 Å². The van der Waals surface area contributed by atoms with Gasteiger partial charge in [0.2, 0.25) is 5.78 Å². The van der Waals surface area contributed by atoms with E-state index in [1.165, 1.54) is 11.8 Å². The smallest absolute Gasteiger partial charge is 0.316 e. The van der Waals surface area contributed by atoms with Crippen molar-refractivity contribution in [1.82, 2.24) is 14.5 Å². The molecule has 0 bridgehead atoms. The maximum Gasteiger partial charge on any atom is 0.316 e. The lowest BCUT2D eigenvalue weighted by Crippen LogP contribution is -2.16. The fourth-order valence-corrected chi connectivity index (χ4v) is 3.70. The van der Waals surface area contributed by atoms with Gasteiger partial charge in [-0.3, -0.25) is 14.6 Å². The molecule has 3 aromatic rings. The lowest BCUT2D eigenvalue weighted by atomic mass is 10.1. The SMILES string of the molecule is CCCn1c(C)cc(C(=O)COC(=O)CSc2cnc3ccccc3n2)c1C. The van der Waals surface area contributed by atoms with Crippen molar-refractivity contribution in [2.24, 2.45) is 0 Å². The van der Waals surface area contributed by atoms with E-state index in [0.29, 0.717) is 10.6 Å². The zero-order valence-corrected chi connectivity index (χ0v) is 17.1. The number of hydrogen-bond donors (Lipinski definition) is 0. The monoisotopic (exact) mass is 397 g/mol. The maximum absolute atomic E-state index is 12.4. The van der Waals surface area contributed by atoms with Gasteiger partial charge in [0.05, 0.1) is 23.0 Å². The van der Waals surface area contributed by atoms with Crippen LogP contribution in [-0.2, 0) is 16.1 Å². The van der Waals surface area contributed by atoms with Gasteiger partial charge in [0.15, 0.2) is 6.61 Å². The van der Waals surface area contributed by atoms with Crippen molar-refractivity contribution < 1.29 is 14.3 Å². The quantitative estimate of drug-likeness (QED) is 0.325. The van der Waals surface area contributed by atoms with E-state index < -0.39 is 5.97 Å². The lowest BCUT2D eigenvalue weighted by Gasteiger charge is -2.08. The number of esters is 1. The molecule has 6 nitrogen and oxygen atoms in total. The van der Waals surface area contributed by atoms with Gasteiger partial charge in [0.25, 0.3) is 0 Å². The van der Waals surface area contributed by atoms with Crippen molar-refractivity contribution in [3.63, 3.8) is 0 Å². The number of nitrogens with zero attached hydrogens (tertiary/aromatic N) is 3. The van der Waals surface area contributed by atoms with Crippen LogP contribution in [0.3, 0.4) is 0 Å². The number of aryl methyl sites for hydroxylation is 1. The molecule has 2 aromatic heterocycles. The van der Waals surface area contributed by atoms with Gasteiger partial charge in [-0.15, -0.1) is 0 Å². The van der Waals surface area contributed by atoms with Crippen LogP contribution in [0.4, 0.5) is 0 Å². The third-order valence-electron chi connectivity index (χ3n) is 4.45. The van der Waals surface area contributed by atoms with E-state index in [2.05, 4.69) is 21.5 Å². The second kappa shape index (κ2) is 9.01. The van der Waals surface area contributed by atoms with Crippen molar-refractivity contribution in [2.75, 3.05) is 12.4 Å². The molecule has 3 rings (SSSR count). The highest BCUT2D eigenvalue weighted by Crippen LogP contribution is 2.19. The second-order valence-electron chi connectivity index (χ2n) is 6.51. The Hall–Kier alpha value is -2.67. The summed E-state index contributed by atoms with van der Waals surface area (Å²) in [5.41, 5.74) is 4.16. The molecule has 1 aromatic carbocycles. The molecule has 0 atom stereocenters. The number of hydrogen-bond acceptors (Lipinski definition) is 6. The van der Waals surface area contributed by atoms with Gasteiger partial charge >= 0.3 is 5.97 Å². The van der Waals surface area contributed by atoms with Gasteiger partial charge in [-0.2, -0.15) is 0 Å². The summed E-state index contributed by atoms with van der Waals surface area (Å²) < 4.78 is 7.28. The lowest BCUT2D eigenvalue weighted by molar-refractivity contribution is -0.139. The van der Waals surface area contributed by atoms with E-state index in [1.807, 2.05) is 44.2 Å². The van der Waals surface area contributed by atoms with Gasteiger partial charge in [-0.25, -0.2) is 4.98 Å². The summed E-state index contributed by atoms with van der Waals surface area (Å²) in [6.07, 6.45) is 2.63. The Morgan fingerprint density at radius 1 is 1.18 bits per heavy atom. The number of Topliss-reactive ketones (excluding diaryl/α,β-unsaturated/α-hetero) is 1. The molecule has 7 heteroatoms. The molecule has 0 fully saturated rings. The van der Waals surface area contributed by atoms with Crippen LogP contribution in [0, 0.1) is 13.8 Å². The topological polar surface area (TPSA) is 74.1 Å². The van der Waals surface area contributed by atoms with Crippen LogP contribution >= 0.6 is 11.8 Å². The Morgan fingerprint density at radius 2 is 1.93 bits per heavy atom. The molecule has 0 N–H and O–H groups in total. The molecule has 0 saturated heterocycles. The molecule has 146 valence electrons. The standard InChI is InChI=1S/C21H23N3O3S/c1-4-9-24-14(2)10-16(15(24)3)19(25)12-27-21(26)13-28-20-11-22-17-7-5-6-8-18(17)23-20/h5-8,10-11H,4,9,12-13H2,1-3H3. The number of ether oxygens (including phenoxy) is 1. The summed E-state index contributed by atoms with van der Waals surface area (Å²) in [6.45, 7) is 6.62. The molecular weight excluding hydrogens is 374 g/mol. The fraction of sp³-hybridized carbons (Fsp3) is 0.333. The number of rotatable bonds is 8. The normalized spacial score (nSPS) is 11.0. The van der Waals surface area contributed by atoms with E-state index in [4.69, 9.17) is 4.74 Å². The van der Waals surface area contributed by atoms with E-state index in [9.17, 15) is 9.59 Å². The number of carbonyl (C=O) groups excluding carboxylic acids is 2. The third-order valence-corrected chi connectivity index (χ3v) is 5.32. The molecule has 28 heavy (non-hydrogen) atoms. The van der Waals surface area contributed by atoms with Gasteiger partial charge in [-0.05, 0) is 38.5 Å². The second-order valence-corrected chi connectivity index (χ2v) is 7.50. The Balaban J connectivity index is 1.53. The Bertz CT molecular complexity index is 1010. The summed E-state index contributed by atoms with van der Waals surface area (Å²) >= 11 is 1.24. The molecule has 0 aliphatic carbocycles. The summed E-state index contributed by atoms with van der Waals surface area (Å²) in [5, 5.41) is 0.644. The predicted octanol–water partition coefficient (Wildman–Crippen LogP) is 3.98. The number of benzene rings is 1. The van der Waals surface area contributed by atoms with E-state index in [0.717, 1.165) is 35.4 Å². The van der Waals surface area contributed by atoms with Crippen LogP contribution in [-0.4, -0.2) is 38.6 Å². The first kappa shape index (κ1) is 20.1. The van der Waals surface area contributed by atoms with Crippen LogP contribution in [0.5, 0.6) is 0 Å². The van der Waals surface area contributed by atoms with Gasteiger partial charge < -0.3 is 9.30 Å². The molecule has 0 radical (unpaired) electrons. The van der Waals surface area contributed by atoms with Crippen LogP contribution in [0.2, 0.25) is 0 Å². The first-order valence-electron chi connectivity index (χ1n) is 9.19. The first-order chi connectivity index (χ1) is 13.5. The van der Waals surface area contributed by atoms with E-state index in [1.54, 1.807) is 6.20 Å². The van der Waals surface area contributed by atoms with E-state index in [-0.39, 0.29) is 18.1 Å². The zero-order valence-electron chi connectivity index (χ0n) is 16.3. The number of aromatic nitrogens is 3. The molecule has 0 aliphatic heterocycles. The number of fused-ring (bicyclic) bond motifs is 1. The van der Waals surface area contributed by atoms with Crippen LogP contribution < -0.4 is 0 Å².